The summed E-state index contributed by atoms with van der Waals surface area (Å²) in [6.07, 6.45) is 1.21. The van der Waals surface area contributed by atoms with E-state index in [1.807, 2.05) is 0 Å². The second-order valence-electron chi connectivity index (χ2n) is 2.77. The van der Waals surface area contributed by atoms with Crippen molar-refractivity contribution in [3.8, 4) is 0 Å². The van der Waals surface area contributed by atoms with E-state index in [4.69, 9.17) is 5.73 Å². The number of aromatic nitrogens is 2. The summed E-state index contributed by atoms with van der Waals surface area (Å²) in [6, 6.07) is 0. The van der Waals surface area contributed by atoms with Crippen molar-refractivity contribution in [1.29, 1.82) is 0 Å². The predicted molar refractivity (Wildman–Crippen MR) is 53.6 cm³/mol. The van der Waals surface area contributed by atoms with Crippen LogP contribution in [0.15, 0.2) is 6.20 Å². The first-order valence-electron chi connectivity index (χ1n) is 4.36. The molecule has 0 fully saturated rings. The first-order valence-corrected chi connectivity index (χ1v) is 4.36. The van der Waals surface area contributed by atoms with Crippen LogP contribution in [0, 0.1) is 5.82 Å². The average molecular weight is 213 g/mol. The van der Waals surface area contributed by atoms with Crippen molar-refractivity contribution < 1.29 is 9.18 Å². The van der Waals surface area contributed by atoms with Crippen molar-refractivity contribution in [3.63, 3.8) is 0 Å². The summed E-state index contributed by atoms with van der Waals surface area (Å²) in [5, 5.41) is 5.10. The zero-order valence-electron chi connectivity index (χ0n) is 8.25. The van der Waals surface area contributed by atoms with Crippen LogP contribution in [0.3, 0.4) is 0 Å². The van der Waals surface area contributed by atoms with Gasteiger partial charge in [-0.05, 0) is 0 Å². The minimum absolute atomic E-state index is 0.00593. The maximum absolute atomic E-state index is 13.0. The van der Waals surface area contributed by atoms with Crippen molar-refractivity contribution in [1.82, 2.24) is 15.3 Å². The highest BCUT2D eigenvalue weighted by atomic mass is 19.1. The lowest BCUT2D eigenvalue weighted by Gasteiger charge is -2.05. The number of rotatable bonds is 4. The van der Waals surface area contributed by atoms with Crippen LogP contribution in [0.5, 0.6) is 0 Å². The van der Waals surface area contributed by atoms with Gasteiger partial charge in [-0.3, -0.25) is 4.79 Å². The fraction of sp³-hybridized carbons (Fsp3) is 0.375. The summed E-state index contributed by atoms with van der Waals surface area (Å²) in [4.78, 5) is 18.0. The lowest BCUT2D eigenvalue weighted by Crippen LogP contribution is -2.21. The fourth-order valence-electron chi connectivity index (χ4n) is 0.924. The zero-order chi connectivity index (χ0) is 11.3. The van der Waals surface area contributed by atoms with Gasteiger partial charge in [0.25, 0.3) is 0 Å². The first-order chi connectivity index (χ1) is 7.13. The summed E-state index contributed by atoms with van der Waals surface area (Å²) >= 11 is 0. The van der Waals surface area contributed by atoms with Crippen molar-refractivity contribution >= 4 is 17.7 Å². The molecular formula is C8H12FN5O. The molecule has 1 rings (SSSR count). The normalized spacial score (nSPS) is 9.73. The van der Waals surface area contributed by atoms with Crippen molar-refractivity contribution in [2.24, 2.45) is 0 Å². The number of nitrogen functional groups attached to an aromatic ring is 1. The Balaban J connectivity index is 2.50. The van der Waals surface area contributed by atoms with Crippen LogP contribution in [-0.2, 0) is 4.79 Å². The summed E-state index contributed by atoms with van der Waals surface area (Å²) < 4.78 is 13.0. The van der Waals surface area contributed by atoms with Gasteiger partial charge >= 0.3 is 0 Å². The number of hydrogen-bond acceptors (Lipinski definition) is 5. The number of carbonyl (C=O) groups excluding carboxylic acids is 1. The van der Waals surface area contributed by atoms with Gasteiger partial charge in [-0.15, -0.1) is 0 Å². The van der Waals surface area contributed by atoms with Crippen LogP contribution in [0.25, 0.3) is 0 Å². The molecule has 0 bridgehead atoms. The number of nitrogens with one attached hydrogen (secondary N) is 2. The largest absolute Gasteiger partial charge is 0.368 e. The number of nitrogens with two attached hydrogens (primary N) is 1. The van der Waals surface area contributed by atoms with Crippen LogP contribution in [0.4, 0.5) is 16.2 Å². The molecule has 4 N–H and O–H groups in total. The molecule has 0 atom stereocenters. The van der Waals surface area contributed by atoms with E-state index in [1.165, 1.54) is 7.05 Å². The van der Waals surface area contributed by atoms with E-state index in [0.29, 0.717) is 0 Å². The highest BCUT2D eigenvalue weighted by Gasteiger charge is 2.05. The Morgan fingerprint density at radius 2 is 2.40 bits per heavy atom. The van der Waals surface area contributed by atoms with Crippen LogP contribution in [0.2, 0.25) is 0 Å². The number of carbonyl (C=O) groups is 1. The Morgan fingerprint density at radius 3 is 3.07 bits per heavy atom. The van der Waals surface area contributed by atoms with E-state index in [-0.39, 0.29) is 30.6 Å². The Kier molecular flexibility index (Phi) is 3.78. The Morgan fingerprint density at radius 1 is 1.67 bits per heavy atom. The van der Waals surface area contributed by atoms with Gasteiger partial charge in [0.05, 0.1) is 6.20 Å². The van der Waals surface area contributed by atoms with Gasteiger partial charge in [0.15, 0.2) is 11.6 Å². The van der Waals surface area contributed by atoms with E-state index < -0.39 is 5.82 Å². The lowest BCUT2D eigenvalue weighted by atomic mass is 10.4. The lowest BCUT2D eigenvalue weighted by molar-refractivity contribution is -0.120. The topological polar surface area (TPSA) is 92.9 Å². The molecule has 0 spiro atoms. The minimum Gasteiger partial charge on any atom is -0.368 e. The average Bonchev–Trinajstić information content (AvgIpc) is 2.23. The highest BCUT2D eigenvalue weighted by molar-refractivity contribution is 5.76. The van der Waals surface area contributed by atoms with E-state index in [9.17, 15) is 9.18 Å². The number of nitrogens with zero attached hydrogens (tertiary/aromatic N) is 2. The standard InChI is InChI=1S/C8H12FN5O/c1-11-6(15)2-3-12-7-5(9)4-13-8(10)14-7/h4H,2-3H2,1H3,(H,11,15)(H3,10,12,13,14). The molecule has 0 saturated carbocycles. The summed E-state index contributed by atoms with van der Waals surface area (Å²) in [5.41, 5.74) is 5.28. The molecule has 0 aromatic carbocycles. The van der Waals surface area contributed by atoms with Crippen LogP contribution < -0.4 is 16.4 Å². The molecule has 6 nitrogen and oxygen atoms in total. The van der Waals surface area contributed by atoms with Crippen LogP contribution in [-0.4, -0.2) is 29.5 Å². The molecule has 15 heavy (non-hydrogen) atoms. The van der Waals surface area contributed by atoms with Gasteiger partial charge in [0.1, 0.15) is 0 Å². The molecule has 0 aliphatic heterocycles. The van der Waals surface area contributed by atoms with Crippen LogP contribution in [0.1, 0.15) is 6.42 Å². The Bertz CT molecular complexity index is 357. The summed E-state index contributed by atoms with van der Waals surface area (Å²) in [7, 11) is 1.53. The summed E-state index contributed by atoms with van der Waals surface area (Å²) in [6.45, 7) is 0.285. The minimum atomic E-state index is -0.596. The third-order valence-electron chi connectivity index (χ3n) is 1.69. The predicted octanol–water partition coefficient (Wildman–Crippen LogP) is -0.254. The third kappa shape index (κ3) is 3.37. The number of anilines is 2. The number of amides is 1. The van der Waals surface area contributed by atoms with Crippen molar-refractivity contribution in [2.75, 3.05) is 24.6 Å². The molecule has 1 aromatic heterocycles. The molecule has 0 saturated heterocycles. The smallest absolute Gasteiger partial charge is 0.222 e. The van der Waals surface area contributed by atoms with Gasteiger partial charge in [-0.2, -0.15) is 4.98 Å². The Labute approximate surface area is 86.1 Å². The molecule has 1 amide bonds. The third-order valence-corrected chi connectivity index (χ3v) is 1.69. The maximum Gasteiger partial charge on any atom is 0.222 e. The van der Waals surface area contributed by atoms with Gasteiger partial charge in [0.2, 0.25) is 11.9 Å². The zero-order valence-corrected chi connectivity index (χ0v) is 8.25. The number of hydrogen-bond donors (Lipinski definition) is 3. The van der Waals surface area contributed by atoms with Gasteiger partial charge in [-0.25, -0.2) is 9.37 Å². The fourth-order valence-corrected chi connectivity index (χ4v) is 0.924. The molecule has 1 aromatic rings. The first kappa shape index (κ1) is 11.2. The van der Waals surface area contributed by atoms with Crippen LogP contribution >= 0.6 is 0 Å². The van der Waals surface area contributed by atoms with Gasteiger partial charge < -0.3 is 16.4 Å². The monoisotopic (exact) mass is 213 g/mol. The molecule has 82 valence electrons. The molecule has 1 heterocycles. The molecule has 0 aliphatic rings. The molecule has 0 radical (unpaired) electrons. The molecule has 7 heteroatoms. The van der Waals surface area contributed by atoms with E-state index in [2.05, 4.69) is 20.6 Å². The van der Waals surface area contributed by atoms with Crippen molar-refractivity contribution in [3.05, 3.63) is 12.0 Å². The molecule has 0 unspecified atom stereocenters. The second-order valence-corrected chi connectivity index (χ2v) is 2.77. The van der Waals surface area contributed by atoms with Gasteiger partial charge in [0, 0.05) is 20.0 Å². The molecule has 0 aliphatic carbocycles. The molecular weight excluding hydrogens is 201 g/mol. The SMILES string of the molecule is CNC(=O)CCNc1nc(N)ncc1F. The van der Waals surface area contributed by atoms with E-state index in [0.717, 1.165) is 6.20 Å². The Hall–Kier alpha value is -1.92. The maximum atomic E-state index is 13.0. The highest BCUT2D eigenvalue weighted by Crippen LogP contribution is 2.09. The van der Waals surface area contributed by atoms with Crippen molar-refractivity contribution in [2.45, 2.75) is 6.42 Å². The summed E-state index contributed by atoms with van der Waals surface area (Å²) in [5.74, 6) is -0.740. The van der Waals surface area contributed by atoms with E-state index >= 15 is 0 Å². The quantitative estimate of drug-likeness (QED) is 0.641. The van der Waals surface area contributed by atoms with Gasteiger partial charge in [-0.1, -0.05) is 0 Å². The van der Waals surface area contributed by atoms with E-state index in [1.54, 1.807) is 0 Å². The number of halogens is 1. The second kappa shape index (κ2) is 5.08.